The van der Waals surface area contributed by atoms with Gasteiger partial charge in [0.25, 0.3) is 5.56 Å². The van der Waals surface area contributed by atoms with E-state index < -0.39 is 0 Å². The molecule has 2 nitrogen and oxygen atoms in total. The van der Waals surface area contributed by atoms with Gasteiger partial charge in [-0.1, -0.05) is 0 Å². The SMILES string of the molecule is O=c1ccc2ccc(F)c3c2n1CCC3. The van der Waals surface area contributed by atoms with Crippen molar-refractivity contribution >= 4 is 10.9 Å². The quantitative estimate of drug-likeness (QED) is 0.642. The Balaban J connectivity index is 2.57. The van der Waals surface area contributed by atoms with Gasteiger partial charge in [0.2, 0.25) is 0 Å². The molecule has 1 aromatic heterocycles. The summed E-state index contributed by atoms with van der Waals surface area (Å²) in [6, 6.07) is 6.53. The van der Waals surface area contributed by atoms with E-state index >= 15 is 0 Å². The molecular weight excluding hydrogens is 193 g/mol. The van der Waals surface area contributed by atoms with Crippen LogP contribution in [0.1, 0.15) is 12.0 Å². The third kappa shape index (κ3) is 1.12. The first kappa shape index (κ1) is 8.65. The van der Waals surface area contributed by atoms with Crippen molar-refractivity contribution in [2.24, 2.45) is 0 Å². The summed E-state index contributed by atoms with van der Waals surface area (Å²) in [6.07, 6.45) is 1.57. The van der Waals surface area contributed by atoms with Crippen LogP contribution in [-0.2, 0) is 13.0 Å². The van der Waals surface area contributed by atoms with Crippen LogP contribution < -0.4 is 5.56 Å². The first-order valence-electron chi connectivity index (χ1n) is 5.08. The maximum absolute atomic E-state index is 13.6. The summed E-state index contributed by atoms with van der Waals surface area (Å²) in [5, 5.41) is 0.950. The molecule has 0 unspecified atom stereocenters. The van der Waals surface area contributed by atoms with Crippen molar-refractivity contribution in [3.8, 4) is 0 Å². The Morgan fingerprint density at radius 3 is 2.87 bits per heavy atom. The van der Waals surface area contributed by atoms with Crippen LogP contribution in [0.2, 0.25) is 0 Å². The lowest BCUT2D eigenvalue weighted by atomic mass is 10.0. The summed E-state index contributed by atoms with van der Waals surface area (Å²) < 4.78 is 15.2. The zero-order valence-corrected chi connectivity index (χ0v) is 8.16. The Kier molecular flexibility index (Phi) is 1.69. The minimum absolute atomic E-state index is 0.0333. The largest absolute Gasteiger partial charge is 0.308 e. The van der Waals surface area contributed by atoms with Crippen LogP contribution in [0.4, 0.5) is 4.39 Å². The highest BCUT2D eigenvalue weighted by atomic mass is 19.1. The standard InChI is InChI=1S/C12H10FNO/c13-10-5-3-8-4-6-11(15)14-7-1-2-9(10)12(8)14/h3-6H,1-2,7H2. The predicted molar refractivity (Wildman–Crippen MR) is 56.5 cm³/mol. The van der Waals surface area contributed by atoms with Crippen molar-refractivity contribution in [2.45, 2.75) is 19.4 Å². The number of benzene rings is 1. The van der Waals surface area contributed by atoms with Crippen LogP contribution in [0, 0.1) is 5.82 Å². The molecule has 0 fully saturated rings. The van der Waals surface area contributed by atoms with Crippen LogP contribution in [0.15, 0.2) is 29.1 Å². The van der Waals surface area contributed by atoms with E-state index in [1.165, 1.54) is 6.07 Å². The monoisotopic (exact) mass is 203 g/mol. The topological polar surface area (TPSA) is 22.0 Å². The summed E-state index contributed by atoms with van der Waals surface area (Å²) in [6.45, 7) is 0.701. The van der Waals surface area contributed by atoms with Crippen LogP contribution in [0.25, 0.3) is 10.9 Å². The zero-order chi connectivity index (χ0) is 10.4. The number of nitrogens with zero attached hydrogens (tertiary/aromatic N) is 1. The lowest BCUT2D eigenvalue weighted by molar-refractivity contribution is 0.566. The molecule has 0 saturated carbocycles. The van der Waals surface area contributed by atoms with Gasteiger partial charge in [-0.25, -0.2) is 4.39 Å². The average molecular weight is 203 g/mol. The molecule has 76 valence electrons. The number of aryl methyl sites for hydroxylation is 2. The number of hydrogen-bond donors (Lipinski definition) is 0. The molecule has 3 heteroatoms. The Morgan fingerprint density at radius 2 is 2.00 bits per heavy atom. The van der Waals surface area contributed by atoms with Crippen molar-refractivity contribution in [3.63, 3.8) is 0 Å². The fourth-order valence-electron chi connectivity index (χ4n) is 2.32. The second kappa shape index (κ2) is 2.92. The highest BCUT2D eigenvalue weighted by molar-refractivity contribution is 5.82. The van der Waals surface area contributed by atoms with Crippen LogP contribution >= 0.6 is 0 Å². The molecule has 1 aliphatic rings. The number of halogens is 1. The average Bonchev–Trinajstić information content (AvgIpc) is 2.27. The van der Waals surface area contributed by atoms with Gasteiger partial charge in [-0.05, 0) is 36.4 Å². The molecule has 0 amide bonds. The Morgan fingerprint density at radius 1 is 1.20 bits per heavy atom. The van der Waals surface area contributed by atoms with Crippen molar-refractivity contribution in [3.05, 3.63) is 46.0 Å². The fraction of sp³-hybridized carbons (Fsp3) is 0.250. The third-order valence-corrected chi connectivity index (χ3v) is 3.01. The number of aromatic nitrogens is 1. The molecular formula is C12H10FNO. The van der Waals surface area contributed by atoms with Gasteiger partial charge in [-0.3, -0.25) is 4.79 Å². The molecule has 0 spiro atoms. The molecule has 1 aliphatic heterocycles. The predicted octanol–water partition coefficient (Wildman–Crippen LogP) is 2.09. The summed E-state index contributed by atoms with van der Waals surface area (Å²) in [5.41, 5.74) is 1.44. The lowest BCUT2D eigenvalue weighted by Gasteiger charge is -2.19. The van der Waals surface area contributed by atoms with E-state index in [4.69, 9.17) is 0 Å². The number of rotatable bonds is 0. The molecule has 0 aliphatic carbocycles. The maximum atomic E-state index is 13.6. The van der Waals surface area contributed by atoms with Gasteiger partial charge in [0.15, 0.2) is 0 Å². The molecule has 3 rings (SSSR count). The van der Waals surface area contributed by atoms with E-state index in [9.17, 15) is 9.18 Å². The maximum Gasteiger partial charge on any atom is 0.251 e. The van der Waals surface area contributed by atoms with E-state index in [0.717, 1.165) is 23.7 Å². The first-order chi connectivity index (χ1) is 7.27. The second-order valence-electron chi connectivity index (χ2n) is 3.89. The summed E-state index contributed by atoms with van der Waals surface area (Å²) >= 11 is 0. The van der Waals surface area contributed by atoms with Crippen molar-refractivity contribution in [1.29, 1.82) is 0 Å². The van der Waals surface area contributed by atoms with Gasteiger partial charge in [0.05, 0.1) is 5.52 Å². The molecule has 1 aromatic carbocycles. The summed E-state index contributed by atoms with van der Waals surface area (Å²) in [4.78, 5) is 11.6. The zero-order valence-electron chi connectivity index (χ0n) is 8.16. The molecule has 0 bridgehead atoms. The number of pyridine rings is 1. The highest BCUT2D eigenvalue weighted by Crippen LogP contribution is 2.25. The van der Waals surface area contributed by atoms with Gasteiger partial charge < -0.3 is 4.57 Å². The number of hydrogen-bond acceptors (Lipinski definition) is 1. The minimum Gasteiger partial charge on any atom is -0.308 e. The third-order valence-electron chi connectivity index (χ3n) is 3.01. The van der Waals surface area contributed by atoms with Gasteiger partial charge >= 0.3 is 0 Å². The van der Waals surface area contributed by atoms with E-state index in [-0.39, 0.29) is 11.4 Å². The van der Waals surface area contributed by atoms with Gasteiger partial charge in [-0.15, -0.1) is 0 Å². The molecule has 15 heavy (non-hydrogen) atoms. The molecule has 0 radical (unpaired) electrons. The summed E-state index contributed by atoms with van der Waals surface area (Å²) in [7, 11) is 0. The van der Waals surface area contributed by atoms with Crippen LogP contribution in [-0.4, -0.2) is 4.57 Å². The second-order valence-corrected chi connectivity index (χ2v) is 3.89. The molecule has 0 saturated heterocycles. The highest BCUT2D eigenvalue weighted by Gasteiger charge is 2.16. The van der Waals surface area contributed by atoms with Crippen molar-refractivity contribution in [1.82, 2.24) is 4.57 Å². The smallest absolute Gasteiger partial charge is 0.251 e. The van der Waals surface area contributed by atoms with Crippen molar-refractivity contribution < 1.29 is 4.39 Å². The van der Waals surface area contributed by atoms with Gasteiger partial charge in [0.1, 0.15) is 5.82 Å². The van der Waals surface area contributed by atoms with E-state index in [1.807, 2.05) is 0 Å². The summed E-state index contributed by atoms with van der Waals surface area (Å²) in [5.74, 6) is -0.193. The molecule has 0 N–H and O–H groups in total. The van der Waals surface area contributed by atoms with E-state index in [1.54, 1.807) is 22.8 Å². The van der Waals surface area contributed by atoms with Crippen molar-refractivity contribution in [2.75, 3.05) is 0 Å². The minimum atomic E-state index is -0.193. The van der Waals surface area contributed by atoms with Crippen LogP contribution in [0.5, 0.6) is 0 Å². The normalized spacial score (nSPS) is 14.5. The Labute approximate surface area is 86.0 Å². The molecule has 2 heterocycles. The fourth-order valence-corrected chi connectivity index (χ4v) is 2.32. The Bertz CT molecular complexity index is 600. The molecule has 0 atom stereocenters. The molecule has 2 aromatic rings. The van der Waals surface area contributed by atoms with Crippen LogP contribution in [0.3, 0.4) is 0 Å². The van der Waals surface area contributed by atoms with E-state index in [0.29, 0.717) is 12.1 Å². The van der Waals surface area contributed by atoms with Gasteiger partial charge in [-0.2, -0.15) is 0 Å². The van der Waals surface area contributed by atoms with E-state index in [2.05, 4.69) is 0 Å². The lowest BCUT2D eigenvalue weighted by Crippen LogP contribution is -2.24. The van der Waals surface area contributed by atoms with Gasteiger partial charge in [0, 0.05) is 18.2 Å². The first-order valence-corrected chi connectivity index (χ1v) is 5.08. The Hall–Kier alpha value is -1.64.